The number of nitrogens with zero attached hydrogens (tertiary/aromatic N) is 2. The molecule has 3 aromatic rings. The van der Waals surface area contributed by atoms with Crippen LogP contribution in [0.1, 0.15) is 15.9 Å². The number of esters is 1. The largest absolute Gasteiger partial charge is 0.465 e. The molecule has 2 aromatic carbocycles. The number of ether oxygens (including phenoxy) is 1. The lowest BCUT2D eigenvalue weighted by Crippen LogP contribution is -2.04. The highest BCUT2D eigenvalue weighted by Crippen LogP contribution is 2.29. The third-order valence-corrected chi connectivity index (χ3v) is 3.86. The zero-order valence-electron chi connectivity index (χ0n) is 14.0. The van der Waals surface area contributed by atoms with Crippen LogP contribution in [0.4, 0.5) is 8.78 Å². The molecule has 0 saturated heterocycles. The van der Waals surface area contributed by atoms with Crippen LogP contribution in [-0.2, 0) is 11.3 Å². The van der Waals surface area contributed by atoms with Gasteiger partial charge < -0.3 is 9.30 Å². The fourth-order valence-corrected chi connectivity index (χ4v) is 2.59. The van der Waals surface area contributed by atoms with Gasteiger partial charge in [0, 0.05) is 30.6 Å². The first-order valence-corrected chi connectivity index (χ1v) is 7.88. The maximum atomic E-state index is 14.2. The van der Waals surface area contributed by atoms with Gasteiger partial charge in [0.05, 0.1) is 19.0 Å². The molecule has 3 rings (SSSR count). The monoisotopic (exact) mass is 354 g/mol. The van der Waals surface area contributed by atoms with Gasteiger partial charge in [0.15, 0.2) is 0 Å². The molecular formula is C20H16F2N2O2. The Hall–Kier alpha value is -3.28. The average molecular weight is 354 g/mol. The van der Waals surface area contributed by atoms with Gasteiger partial charge in [-0.2, -0.15) is 0 Å². The predicted molar refractivity (Wildman–Crippen MR) is 94.4 cm³/mol. The van der Waals surface area contributed by atoms with Crippen LogP contribution in [0.2, 0.25) is 0 Å². The second-order valence-electron chi connectivity index (χ2n) is 5.58. The Morgan fingerprint density at radius 3 is 2.73 bits per heavy atom. The molecule has 26 heavy (non-hydrogen) atoms. The van der Waals surface area contributed by atoms with E-state index in [1.807, 2.05) is 22.9 Å². The van der Waals surface area contributed by atoms with Crippen molar-refractivity contribution in [1.29, 1.82) is 0 Å². The summed E-state index contributed by atoms with van der Waals surface area (Å²) >= 11 is 0. The SMILES string of the molecule is COC(=O)c1ccc(C=CCn2ccnc2)cc1-c1ccc(F)cc1F. The molecule has 0 saturated carbocycles. The molecule has 0 N–H and O–H groups in total. The molecule has 0 radical (unpaired) electrons. The smallest absolute Gasteiger partial charge is 0.338 e. The van der Waals surface area contributed by atoms with Crippen LogP contribution in [0.15, 0.2) is 61.2 Å². The van der Waals surface area contributed by atoms with Crippen LogP contribution >= 0.6 is 0 Å². The van der Waals surface area contributed by atoms with Crippen molar-refractivity contribution in [3.05, 3.63) is 84.0 Å². The molecule has 0 unspecified atom stereocenters. The lowest BCUT2D eigenvalue weighted by molar-refractivity contribution is 0.0601. The normalized spacial score (nSPS) is 11.0. The maximum absolute atomic E-state index is 14.2. The number of benzene rings is 2. The van der Waals surface area contributed by atoms with Crippen molar-refractivity contribution in [3.63, 3.8) is 0 Å². The average Bonchev–Trinajstić information content (AvgIpc) is 3.14. The first-order chi connectivity index (χ1) is 12.6. The Kier molecular flexibility index (Phi) is 5.22. The number of aromatic nitrogens is 2. The van der Waals surface area contributed by atoms with Crippen LogP contribution in [0.5, 0.6) is 0 Å². The van der Waals surface area contributed by atoms with Crippen LogP contribution in [-0.4, -0.2) is 22.6 Å². The Morgan fingerprint density at radius 2 is 2.04 bits per heavy atom. The number of carbonyl (C=O) groups excluding carboxylic acids is 1. The number of methoxy groups -OCH3 is 1. The van der Waals surface area contributed by atoms with Gasteiger partial charge in [0.2, 0.25) is 0 Å². The minimum atomic E-state index is -0.741. The topological polar surface area (TPSA) is 44.1 Å². The Balaban J connectivity index is 1.98. The highest BCUT2D eigenvalue weighted by atomic mass is 19.1. The zero-order valence-corrected chi connectivity index (χ0v) is 14.0. The van der Waals surface area contributed by atoms with Gasteiger partial charge in [0.1, 0.15) is 11.6 Å². The molecule has 4 nitrogen and oxygen atoms in total. The third-order valence-electron chi connectivity index (χ3n) is 3.86. The Bertz CT molecular complexity index is 950. The Morgan fingerprint density at radius 1 is 1.19 bits per heavy atom. The van der Waals surface area contributed by atoms with Gasteiger partial charge in [-0.15, -0.1) is 0 Å². The second-order valence-corrected chi connectivity index (χ2v) is 5.58. The molecule has 0 fully saturated rings. The zero-order chi connectivity index (χ0) is 18.5. The summed E-state index contributed by atoms with van der Waals surface area (Å²) in [5, 5.41) is 0. The summed E-state index contributed by atoms with van der Waals surface area (Å²) in [6.45, 7) is 0.624. The van der Waals surface area contributed by atoms with E-state index < -0.39 is 17.6 Å². The third kappa shape index (κ3) is 3.85. The summed E-state index contributed by atoms with van der Waals surface area (Å²) in [6, 6.07) is 8.24. The van der Waals surface area contributed by atoms with E-state index in [1.54, 1.807) is 30.7 Å². The van der Waals surface area contributed by atoms with Crippen LogP contribution < -0.4 is 0 Å². The molecule has 0 atom stereocenters. The van der Waals surface area contributed by atoms with E-state index in [2.05, 4.69) is 4.98 Å². The van der Waals surface area contributed by atoms with Gasteiger partial charge in [0.25, 0.3) is 0 Å². The van der Waals surface area contributed by atoms with E-state index in [1.165, 1.54) is 13.2 Å². The molecule has 0 spiro atoms. The molecule has 0 aliphatic rings. The standard InChI is InChI=1S/C20H16F2N2O2/c1-26-20(25)17-6-4-14(3-2-9-24-10-8-23-13-24)11-18(17)16-7-5-15(21)12-19(16)22/h2-8,10-13H,9H2,1H3. The summed E-state index contributed by atoms with van der Waals surface area (Å²) in [5.41, 5.74) is 1.47. The molecule has 0 amide bonds. The van der Waals surface area contributed by atoms with Crippen molar-refractivity contribution >= 4 is 12.0 Å². The molecule has 0 aliphatic carbocycles. The van der Waals surface area contributed by atoms with Crippen molar-refractivity contribution in [2.24, 2.45) is 0 Å². The van der Waals surface area contributed by atoms with E-state index in [4.69, 9.17) is 4.74 Å². The number of hydrogen-bond donors (Lipinski definition) is 0. The molecule has 6 heteroatoms. The second kappa shape index (κ2) is 7.74. The van der Waals surface area contributed by atoms with Crippen molar-refractivity contribution in [2.75, 3.05) is 7.11 Å². The van der Waals surface area contributed by atoms with Gasteiger partial charge in [-0.05, 0) is 35.4 Å². The minimum absolute atomic E-state index is 0.136. The molecule has 1 aromatic heterocycles. The van der Waals surface area contributed by atoms with Gasteiger partial charge in [-0.1, -0.05) is 18.2 Å². The van der Waals surface area contributed by atoms with Crippen molar-refractivity contribution < 1.29 is 18.3 Å². The fraction of sp³-hybridized carbons (Fsp3) is 0.100. The van der Waals surface area contributed by atoms with E-state index in [0.29, 0.717) is 12.1 Å². The van der Waals surface area contributed by atoms with Gasteiger partial charge >= 0.3 is 5.97 Å². The fourth-order valence-electron chi connectivity index (χ4n) is 2.59. The van der Waals surface area contributed by atoms with Crippen LogP contribution in [0.3, 0.4) is 0 Å². The molecule has 132 valence electrons. The van der Waals surface area contributed by atoms with E-state index in [-0.39, 0.29) is 11.1 Å². The molecule has 0 aliphatic heterocycles. The number of imidazole rings is 1. The molecule has 0 bridgehead atoms. The summed E-state index contributed by atoms with van der Waals surface area (Å²) < 4.78 is 34.1. The van der Waals surface area contributed by atoms with Gasteiger partial charge in [-0.25, -0.2) is 18.6 Å². The lowest BCUT2D eigenvalue weighted by atomic mass is 9.96. The van der Waals surface area contributed by atoms with Crippen molar-refractivity contribution in [3.8, 4) is 11.1 Å². The summed E-state index contributed by atoms with van der Waals surface area (Å²) in [7, 11) is 1.26. The van der Waals surface area contributed by atoms with Crippen LogP contribution in [0, 0.1) is 11.6 Å². The van der Waals surface area contributed by atoms with Gasteiger partial charge in [-0.3, -0.25) is 0 Å². The predicted octanol–water partition coefficient (Wildman–Crippen LogP) is 4.33. The van der Waals surface area contributed by atoms with E-state index in [9.17, 15) is 13.6 Å². The first kappa shape index (κ1) is 17.5. The van der Waals surface area contributed by atoms with E-state index >= 15 is 0 Å². The summed E-state index contributed by atoms with van der Waals surface area (Å²) in [4.78, 5) is 16.0. The molecule has 1 heterocycles. The number of carbonyl (C=O) groups is 1. The van der Waals surface area contributed by atoms with Crippen molar-refractivity contribution in [2.45, 2.75) is 6.54 Å². The number of allylic oxidation sites excluding steroid dienone is 1. The maximum Gasteiger partial charge on any atom is 0.338 e. The molecular weight excluding hydrogens is 338 g/mol. The highest BCUT2D eigenvalue weighted by molar-refractivity contribution is 5.97. The quantitative estimate of drug-likeness (QED) is 0.641. The number of halogens is 2. The number of rotatable bonds is 5. The summed E-state index contributed by atoms with van der Waals surface area (Å²) in [5.74, 6) is -2.00. The van der Waals surface area contributed by atoms with E-state index in [0.717, 1.165) is 17.7 Å². The van der Waals surface area contributed by atoms with Crippen molar-refractivity contribution in [1.82, 2.24) is 9.55 Å². The first-order valence-electron chi connectivity index (χ1n) is 7.88. The number of hydrogen-bond acceptors (Lipinski definition) is 3. The lowest BCUT2D eigenvalue weighted by Gasteiger charge is -2.10. The highest BCUT2D eigenvalue weighted by Gasteiger charge is 2.16. The van der Waals surface area contributed by atoms with Crippen LogP contribution in [0.25, 0.3) is 17.2 Å². The Labute approximate surface area is 149 Å². The summed E-state index contributed by atoms with van der Waals surface area (Å²) in [6.07, 6.45) is 8.99. The minimum Gasteiger partial charge on any atom is -0.465 e.